The second kappa shape index (κ2) is 11.9. The predicted molar refractivity (Wildman–Crippen MR) is 146 cm³/mol. The zero-order valence-corrected chi connectivity index (χ0v) is 22.2. The largest absolute Gasteiger partial charge is 0.350 e. The van der Waals surface area contributed by atoms with Gasteiger partial charge in [0.2, 0.25) is 17.7 Å². The molecule has 1 unspecified atom stereocenters. The lowest BCUT2D eigenvalue weighted by Gasteiger charge is -2.40. The van der Waals surface area contributed by atoms with Gasteiger partial charge in [-0.05, 0) is 19.4 Å². The molecule has 5 amide bonds. The maximum atomic E-state index is 14.0. The number of barbiturate groups is 1. The van der Waals surface area contributed by atoms with Crippen LogP contribution in [0.5, 0.6) is 0 Å². The molecule has 1 fully saturated rings. The van der Waals surface area contributed by atoms with Gasteiger partial charge in [0.15, 0.2) is 11.6 Å². The van der Waals surface area contributed by atoms with E-state index in [1.807, 2.05) is 31.2 Å². The molecule has 1 heterocycles. The van der Waals surface area contributed by atoms with Crippen molar-refractivity contribution in [1.29, 1.82) is 0 Å². The summed E-state index contributed by atoms with van der Waals surface area (Å²) in [5.74, 6) is -3.89. The summed E-state index contributed by atoms with van der Waals surface area (Å²) >= 11 is 0. The molecule has 1 aliphatic rings. The topological polar surface area (TPSA) is 130 Å². The molecule has 4 rings (SSSR count). The van der Waals surface area contributed by atoms with Crippen molar-refractivity contribution in [2.24, 2.45) is 5.41 Å². The van der Waals surface area contributed by atoms with Gasteiger partial charge in [-0.3, -0.25) is 34.2 Å². The van der Waals surface area contributed by atoms with Gasteiger partial charge in [-0.1, -0.05) is 90.5 Å². The number of rotatable bonds is 10. The van der Waals surface area contributed by atoms with Crippen molar-refractivity contribution in [3.8, 4) is 0 Å². The third kappa shape index (κ3) is 5.88. The van der Waals surface area contributed by atoms with Crippen molar-refractivity contribution in [2.45, 2.75) is 39.3 Å². The first-order valence-corrected chi connectivity index (χ1v) is 12.8. The average molecular weight is 540 g/mol. The molecule has 2 N–H and O–H groups in total. The SMILES string of the molecule is Cc1ccc(CNC(=O)C(C)N2C(=O)NC(=O)C(CC(=O)c3ccccc3)(CC(=O)c3ccccc3)C2=O)cc1. The van der Waals surface area contributed by atoms with Crippen LogP contribution in [0.1, 0.15) is 51.6 Å². The standard InChI is InChI=1S/C31H29N3O6/c1-20-13-15-22(16-14-20)19-32-27(37)21(2)34-29(39)31(28(38)33-30(34)40,17-25(35)23-9-5-3-6-10-23)18-26(36)24-11-7-4-8-12-24/h3-16,21H,17-19H2,1-2H3,(H,32,37)(H,33,38,40). The highest BCUT2D eigenvalue weighted by molar-refractivity contribution is 6.24. The monoisotopic (exact) mass is 539 g/mol. The number of imide groups is 2. The summed E-state index contributed by atoms with van der Waals surface area (Å²) in [5.41, 5.74) is 0.102. The molecule has 204 valence electrons. The zero-order chi connectivity index (χ0) is 28.9. The van der Waals surface area contributed by atoms with E-state index in [0.29, 0.717) is 4.90 Å². The van der Waals surface area contributed by atoms with Crippen molar-refractivity contribution in [3.63, 3.8) is 0 Å². The van der Waals surface area contributed by atoms with Gasteiger partial charge in [0.25, 0.3) is 0 Å². The van der Waals surface area contributed by atoms with Gasteiger partial charge in [0.05, 0.1) is 0 Å². The minimum Gasteiger partial charge on any atom is -0.350 e. The zero-order valence-electron chi connectivity index (χ0n) is 22.2. The Morgan fingerprint density at radius 2 is 1.30 bits per heavy atom. The molecule has 0 spiro atoms. The molecule has 0 bridgehead atoms. The molecule has 0 aliphatic carbocycles. The Kier molecular flexibility index (Phi) is 8.33. The molecule has 9 heteroatoms. The number of nitrogens with zero attached hydrogens (tertiary/aromatic N) is 1. The molecule has 40 heavy (non-hydrogen) atoms. The van der Waals surface area contributed by atoms with Crippen LogP contribution in [0, 0.1) is 12.3 Å². The predicted octanol–water partition coefficient (Wildman–Crippen LogP) is 3.61. The van der Waals surface area contributed by atoms with Crippen LogP contribution >= 0.6 is 0 Å². The highest BCUT2D eigenvalue weighted by Crippen LogP contribution is 2.36. The molecule has 3 aromatic rings. The first-order valence-electron chi connectivity index (χ1n) is 12.8. The van der Waals surface area contributed by atoms with Gasteiger partial charge in [-0.2, -0.15) is 0 Å². The number of Topliss-reactive ketones (excluding diaryl/α,β-unsaturated/α-hetero) is 2. The Labute approximate surface area is 231 Å². The lowest BCUT2D eigenvalue weighted by atomic mass is 9.73. The fraction of sp³-hybridized carbons (Fsp3) is 0.226. The molecule has 9 nitrogen and oxygen atoms in total. The van der Waals surface area contributed by atoms with E-state index in [1.165, 1.54) is 31.2 Å². The summed E-state index contributed by atoms with van der Waals surface area (Å²) in [6, 6.07) is 21.1. The number of urea groups is 1. The van der Waals surface area contributed by atoms with Crippen LogP contribution in [-0.2, 0) is 20.9 Å². The number of hydrogen-bond donors (Lipinski definition) is 2. The van der Waals surface area contributed by atoms with Gasteiger partial charge >= 0.3 is 6.03 Å². The maximum Gasteiger partial charge on any atom is 0.331 e. The fourth-order valence-corrected chi connectivity index (χ4v) is 4.58. The fourth-order valence-electron chi connectivity index (χ4n) is 4.58. The molecule has 0 saturated carbocycles. The minimum absolute atomic E-state index is 0.149. The quantitative estimate of drug-likeness (QED) is 0.299. The van der Waals surface area contributed by atoms with Crippen molar-refractivity contribution in [3.05, 3.63) is 107 Å². The molecule has 1 saturated heterocycles. The van der Waals surface area contributed by atoms with Gasteiger partial charge in [0.1, 0.15) is 11.5 Å². The Hall–Kier alpha value is -4.92. The summed E-state index contributed by atoms with van der Waals surface area (Å²) in [6.07, 6.45) is -1.33. The summed E-state index contributed by atoms with van der Waals surface area (Å²) in [4.78, 5) is 80.5. The third-order valence-electron chi connectivity index (χ3n) is 6.97. The number of carbonyl (C=O) groups is 6. The second-order valence-electron chi connectivity index (χ2n) is 9.83. The van der Waals surface area contributed by atoms with E-state index in [9.17, 15) is 28.8 Å². The van der Waals surface area contributed by atoms with Crippen LogP contribution in [0.2, 0.25) is 0 Å². The van der Waals surface area contributed by atoms with Crippen molar-refractivity contribution in [1.82, 2.24) is 15.5 Å². The average Bonchev–Trinajstić information content (AvgIpc) is 2.96. The molecule has 1 atom stereocenters. The summed E-state index contributed by atoms with van der Waals surface area (Å²) in [5, 5.41) is 4.82. The molecule has 1 aliphatic heterocycles. The van der Waals surface area contributed by atoms with E-state index in [4.69, 9.17) is 0 Å². The minimum atomic E-state index is -2.24. The van der Waals surface area contributed by atoms with E-state index in [1.54, 1.807) is 36.4 Å². The summed E-state index contributed by atoms with van der Waals surface area (Å²) < 4.78 is 0. The normalized spacial score (nSPS) is 15.2. The lowest BCUT2D eigenvalue weighted by Crippen LogP contribution is -2.68. The number of hydrogen-bond acceptors (Lipinski definition) is 6. The van der Waals surface area contributed by atoms with E-state index in [-0.39, 0.29) is 17.7 Å². The Bertz CT molecular complexity index is 1400. The summed E-state index contributed by atoms with van der Waals surface area (Å²) in [7, 11) is 0. The molecule has 0 aromatic heterocycles. The first-order chi connectivity index (χ1) is 19.1. The smallest absolute Gasteiger partial charge is 0.331 e. The molecule has 3 aromatic carbocycles. The van der Waals surface area contributed by atoms with Crippen LogP contribution in [-0.4, -0.2) is 46.3 Å². The molecule has 0 radical (unpaired) electrons. The van der Waals surface area contributed by atoms with Gasteiger partial charge in [-0.15, -0.1) is 0 Å². The molecular weight excluding hydrogens is 510 g/mol. The van der Waals surface area contributed by atoms with E-state index in [0.717, 1.165) is 11.1 Å². The van der Waals surface area contributed by atoms with Crippen LogP contribution in [0.15, 0.2) is 84.9 Å². The third-order valence-corrected chi connectivity index (χ3v) is 6.97. The van der Waals surface area contributed by atoms with Crippen molar-refractivity contribution in [2.75, 3.05) is 0 Å². The number of benzene rings is 3. The Morgan fingerprint density at radius 1 is 0.800 bits per heavy atom. The highest BCUT2D eigenvalue weighted by atomic mass is 16.2. The van der Waals surface area contributed by atoms with Crippen LogP contribution in [0.4, 0.5) is 4.79 Å². The number of ketones is 2. The van der Waals surface area contributed by atoms with Crippen molar-refractivity contribution < 1.29 is 28.8 Å². The Balaban J connectivity index is 1.65. The van der Waals surface area contributed by atoms with Crippen LogP contribution in [0.3, 0.4) is 0 Å². The van der Waals surface area contributed by atoms with Crippen LogP contribution < -0.4 is 10.6 Å². The maximum absolute atomic E-state index is 14.0. The van der Waals surface area contributed by atoms with Gasteiger partial charge in [0, 0.05) is 30.5 Å². The van der Waals surface area contributed by atoms with E-state index in [2.05, 4.69) is 10.6 Å². The van der Waals surface area contributed by atoms with E-state index >= 15 is 0 Å². The number of aryl methyl sites for hydroxylation is 1. The number of nitrogens with one attached hydrogen (secondary N) is 2. The van der Waals surface area contributed by atoms with Gasteiger partial charge < -0.3 is 5.32 Å². The van der Waals surface area contributed by atoms with Gasteiger partial charge in [-0.25, -0.2) is 4.79 Å². The number of carbonyl (C=O) groups excluding carboxylic acids is 6. The first kappa shape index (κ1) is 28.1. The molecular formula is C31H29N3O6. The van der Waals surface area contributed by atoms with E-state index < -0.39 is 59.6 Å². The van der Waals surface area contributed by atoms with Crippen molar-refractivity contribution >= 4 is 35.3 Å². The second-order valence-corrected chi connectivity index (χ2v) is 9.83. The number of amides is 5. The lowest BCUT2D eigenvalue weighted by molar-refractivity contribution is -0.154. The summed E-state index contributed by atoms with van der Waals surface area (Å²) in [6.45, 7) is 3.43. The van der Waals surface area contributed by atoms with Crippen LogP contribution in [0.25, 0.3) is 0 Å². The highest BCUT2D eigenvalue weighted by Gasteiger charge is 2.57. The Morgan fingerprint density at radius 3 is 1.80 bits per heavy atom.